The molecule has 1 aromatic carbocycles. The number of aromatic nitrogens is 2. The molecule has 1 aliphatic carbocycles. The van der Waals surface area contributed by atoms with Gasteiger partial charge in [0.15, 0.2) is 5.76 Å². The number of furan rings is 1. The maximum atomic E-state index is 13.0. The molecule has 3 heterocycles. The van der Waals surface area contributed by atoms with E-state index in [9.17, 15) is 9.59 Å². The molecule has 7 heteroatoms. The van der Waals surface area contributed by atoms with Crippen molar-refractivity contribution in [3.05, 3.63) is 61.6 Å². The highest BCUT2D eigenvalue weighted by Crippen LogP contribution is 2.33. The van der Waals surface area contributed by atoms with Crippen LogP contribution in [0.1, 0.15) is 33.8 Å². The van der Waals surface area contributed by atoms with E-state index in [1.807, 2.05) is 18.2 Å². The molecule has 5 rings (SSSR count). The summed E-state index contributed by atoms with van der Waals surface area (Å²) < 4.78 is 7.97. The van der Waals surface area contributed by atoms with Crippen molar-refractivity contribution < 1.29 is 9.21 Å². The van der Waals surface area contributed by atoms with Crippen molar-refractivity contribution in [1.82, 2.24) is 9.55 Å². The number of Topliss-reactive ketones (excluding diaryl/α,β-unsaturated/α-hetero) is 1. The smallest absolute Gasteiger partial charge is 0.262 e. The van der Waals surface area contributed by atoms with E-state index in [1.54, 1.807) is 17.4 Å². The van der Waals surface area contributed by atoms with Gasteiger partial charge in [0.2, 0.25) is 5.78 Å². The Morgan fingerprint density at radius 3 is 3.00 bits per heavy atom. The summed E-state index contributed by atoms with van der Waals surface area (Å²) in [5.74, 6) is 0.0112. The number of fused-ring (bicyclic) bond motifs is 4. The Morgan fingerprint density at radius 2 is 2.11 bits per heavy atom. The summed E-state index contributed by atoms with van der Waals surface area (Å²) in [6, 6.07) is 7.29. The summed E-state index contributed by atoms with van der Waals surface area (Å²) in [7, 11) is 0. The molecule has 1 aliphatic rings. The molecule has 0 radical (unpaired) electrons. The molecular formula is C20H15BrN2O3S. The van der Waals surface area contributed by atoms with Crippen molar-refractivity contribution in [2.45, 2.75) is 32.2 Å². The number of nitrogens with zero attached hydrogens (tertiary/aromatic N) is 2. The molecule has 0 atom stereocenters. The molecule has 3 aromatic heterocycles. The molecule has 0 saturated heterocycles. The fraction of sp³-hybridized carbons (Fsp3) is 0.250. The number of rotatable bonds is 3. The molecule has 4 aromatic rings. The van der Waals surface area contributed by atoms with E-state index in [-0.39, 0.29) is 23.6 Å². The first-order chi connectivity index (χ1) is 13.1. The summed E-state index contributed by atoms with van der Waals surface area (Å²) in [5.41, 5.74) is 1.65. The van der Waals surface area contributed by atoms with Crippen molar-refractivity contribution in [1.29, 1.82) is 0 Å². The maximum Gasteiger partial charge on any atom is 0.262 e. The molecule has 27 heavy (non-hydrogen) atoms. The van der Waals surface area contributed by atoms with Gasteiger partial charge in [-0.15, -0.1) is 11.3 Å². The molecular weight excluding hydrogens is 428 g/mol. The number of hydrogen-bond acceptors (Lipinski definition) is 5. The second kappa shape index (κ2) is 6.42. The van der Waals surface area contributed by atoms with E-state index in [0.717, 1.165) is 45.9 Å². The van der Waals surface area contributed by atoms with E-state index in [4.69, 9.17) is 4.42 Å². The second-order valence-electron chi connectivity index (χ2n) is 6.78. The summed E-state index contributed by atoms with van der Waals surface area (Å²) in [6.07, 6.45) is 5.67. The minimum Gasteiger partial charge on any atom is -0.453 e. The van der Waals surface area contributed by atoms with Gasteiger partial charge in [-0.1, -0.05) is 15.9 Å². The number of aryl methyl sites for hydroxylation is 2. The van der Waals surface area contributed by atoms with E-state index in [1.165, 1.54) is 15.8 Å². The number of hydrogen-bond donors (Lipinski definition) is 0. The Balaban J connectivity index is 1.52. The van der Waals surface area contributed by atoms with Gasteiger partial charge >= 0.3 is 0 Å². The van der Waals surface area contributed by atoms with Crippen molar-refractivity contribution >= 4 is 54.2 Å². The van der Waals surface area contributed by atoms with Crippen molar-refractivity contribution in [3.8, 4) is 0 Å². The molecule has 0 saturated carbocycles. The van der Waals surface area contributed by atoms with Gasteiger partial charge in [0, 0.05) is 14.7 Å². The van der Waals surface area contributed by atoms with Crippen LogP contribution in [0.3, 0.4) is 0 Å². The predicted octanol–water partition coefficient (Wildman–Crippen LogP) is 4.73. The van der Waals surface area contributed by atoms with Gasteiger partial charge in [0.1, 0.15) is 10.4 Å². The zero-order valence-corrected chi connectivity index (χ0v) is 16.7. The Labute approximate surface area is 166 Å². The third-order valence-electron chi connectivity index (χ3n) is 5.01. The van der Waals surface area contributed by atoms with Crippen LogP contribution >= 0.6 is 27.3 Å². The zero-order chi connectivity index (χ0) is 18.5. The van der Waals surface area contributed by atoms with Crippen LogP contribution in [-0.4, -0.2) is 15.3 Å². The van der Waals surface area contributed by atoms with Crippen molar-refractivity contribution in [3.63, 3.8) is 0 Å². The lowest BCUT2D eigenvalue weighted by Crippen LogP contribution is -2.24. The third-order valence-corrected chi connectivity index (χ3v) is 6.70. The lowest BCUT2D eigenvalue weighted by atomic mass is 9.97. The van der Waals surface area contributed by atoms with Crippen LogP contribution in [0.25, 0.3) is 21.2 Å². The minimum atomic E-state index is -0.241. The molecule has 0 amide bonds. The second-order valence-corrected chi connectivity index (χ2v) is 8.78. The van der Waals surface area contributed by atoms with Crippen LogP contribution in [0.15, 0.2) is 44.3 Å². The van der Waals surface area contributed by atoms with Crippen LogP contribution in [0.5, 0.6) is 0 Å². The lowest BCUT2D eigenvalue weighted by molar-refractivity contribution is 0.0945. The first-order valence-corrected chi connectivity index (χ1v) is 10.4. The Bertz CT molecular complexity index is 1270. The Morgan fingerprint density at radius 1 is 1.26 bits per heavy atom. The van der Waals surface area contributed by atoms with E-state index >= 15 is 0 Å². The normalized spacial score (nSPS) is 14.0. The van der Waals surface area contributed by atoms with Gasteiger partial charge in [0.25, 0.3) is 5.56 Å². The van der Waals surface area contributed by atoms with Crippen molar-refractivity contribution in [2.75, 3.05) is 0 Å². The SMILES string of the molecule is O=C(Cn1cnc2sc3c(c2c1=O)CCCC3)c1cc2cc(Br)ccc2o1. The zero-order valence-electron chi connectivity index (χ0n) is 14.3. The fourth-order valence-corrected chi connectivity index (χ4v) is 5.28. The highest BCUT2D eigenvalue weighted by Gasteiger charge is 2.21. The van der Waals surface area contributed by atoms with E-state index < -0.39 is 0 Å². The van der Waals surface area contributed by atoms with Crippen LogP contribution in [-0.2, 0) is 19.4 Å². The monoisotopic (exact) mass is 442 g/mol. The van der Waals surface area contributed by atoms with Crippen LogP contribution in [0, 0.1) is 0 Å². The molecule has 0 spiro atoms. The number of carbonyl (C=O) groups is 1. The van der Waals surface area contributed by atoms with E-state index in [2.05, 4.69) is 20.9 Å². The molecule has 0 fully saturated rings. The van der Waals surface area contributed by atoms with Gasteiger partial charge in [-0.2, -0.15) is 0 Å². The first kappa shape index (κ1) is 16.9. The van der Waals surface area contributed by atoms with Crippen LogP contribution in [0.2, 0.25) is 0 Å². The Kier molecular flexibility index (Phi) is 4.02. The van der Waals surface area contributed by atoms with Crippen molar-refractivity contribution in [2.24, 2.45) is 0 Å². The van der Waals surface area contributed by atoms with Crippen LogP contribution < -0.4 is 5.56 Å². The van der Waals surface area contributed by atoms with Gasteiger partial charge in [-0.3, -0.25) is 14.2 Å². The molecule has 0 bridgehead atoms. The average molecular weight is 443 g/mol. The summed E-state index contributed by atoms with van der Waals surface area (Å²) in [4.78, 5) is 32.2. The topological polar surface area (TPSA) is 65.1 Å². The maximum absolute atomic E-state index is 13.0. The summed E-state index contributed by atoms with van der Waals surface area (Å²) >= 11 is 5.02. The molecule has 136 valence electrons. The van der Waals surface area contributed by atoms with Crippen LogP contribution in [0.4, 0.5) is 0 Å². The minimum absolute atomic E-state index is 0.0760. The molecule has 5 nitrogen and oxygen atoms in total. The number of benzene rings is 1. The largest absolute Gasteiger partial charge is 0.453 e. The van der Waals surface area contributed by atoms with Gasteiger partial charge in [-0.25, -0.2) is 4.98 Å². The fourth-order valence-electron chi connectivity index (χ4n) is 3.68. The molecule has 0 unspecified atom stereocenters. The predicted molar refractivity (Wildman–Crippen MR) is 109 cm³/mol. The third kappa shape index (κ3) is 2.85. The van der Waals surface area contributed by atoms with Gasteiger partial charge in [0.05, 0.1) is 18.3 Å². The molecule has 0 N–H and O–H groups in total. The number of ketones is 1. The summed E-state index contributed by atoms with van der Waals surface area (Å²) in [5, 5.41) is 1.54. The number of carbonyl (C=O) groups excluding carboxylic acids is 1. The van der Waals surface area contributed by atoms with E-state index in [0.29, 0.717) is 11.0 Å². The first-order valence-electron chi connectivity index (χ1n) is 8.82. The highest BCUT2D eigenvalue weighted by atomic mass is 79.9. The van der Waals surface area contributed by atoms with Gasteiger partial charge < -0.3 is 4.42 Å². The number of halogens is 1. The highest BCUT2D eigenvalue weighted by molar-refractivity contribution is 9.10. The quantitative estimate of drug-likeness (QED) is 0.430. The lowest BCUT2D eigenvalue weighted by Gasteiger charge is -2.10. The summed E-state index contributed by atoms with van der Waals surface area (Å²) in [6.45, 7) is -0.0760. The Hall–Kier alpha value is -2.25. The number of thiophene rings is 1. The average Bonchev–Trinajstić information content (AvgIpc) is 3.25. The molecule has 0 aliphatic heterocycles. The van der Waals surface area contributed by atoms with Gasteiger partial charge in [-0.05, 0) is 55.5 Å². The standard InChI is InChI=1S/C20H15BrN2O3S/c21-12-5-6-15-11(7-12)8-16(26-15)14(24)9-23-10-22-19-18(20(23)25)13-3-1-2-4-17(13)27-19/h5-8,10H,1-4,9H2.